The van der Waals surface area contributed by atoms with E-state index in [0.29, 0.717) is 6.54 Å². The molecule has 3 aromatic rings. The van der Waals surface area contributed by atoms with Gasteiger partial charge in [-0.25, -0.2) is 17.8 Å². The van der Waals surface area contributed by atoms with Gasteiger partial charge in [-0.3, -0.25) is 4.72 Å². The van der Waals surface area contributed by atoms with Gasteiger partial charge in [0, 0.05) is 6.54 Å². The first-order valence-electron chi connectivity index (χ1n) is 8.46. The van der Waals surface area contributed by atoms with Gasteiger partial charge in [0.1, 0.15) is 11.6 Å². The van der Waals surface area contributed by atoms with Gasteiger partial charge in [0.25, 0.3) is 10.0 Å². The van der Waals surface area contributed by atoms with Crippen LogP contribution in [0.4, 0.5) is 15.9 Å². The second-order valence-electron chi connectivity index (χ2n) is 6.16. The molecule has 2 N–H and O–H groups in total. The molecule has 27 heavy (non-hydrogen) atoms. The molecule has 0 aliphatic rings. The number of sulfonamides is 1. The Hall–Kier alpha value is -2.93. The van der Waals surface area contributed by atoms with Crippen molar-refractivity contribution < 1.29 is 12.8 Å². The summed E-state index contributed by atoms with van der Waals surface area (Å²) in [4.78, 5) is 4.35. The highest BCUT2D eigenvalue weighted by atomic mass is 32.2. The first-order chi connectivity index (χ1) is 12.9. The van der Waals surface area contributed by atoms with E-state index in [9.17, 15) is 12.8 Å². The lowest BCUT2D eigenvalue weighted by Gasteiger charge is -2.10. The van der Waals surface area contributed by atoms with Gasteiger partial charge in [-0.1, -0.05) is 24.3 Å². The van der Waals surface area contributed by atoms with Crippen LogP contribution in [0.1, 0.15) is 11.1 Å². The number of hydrogen-bond donors (Lipinski definition) is 2. The Balaban J connectivity index is 1.57. The van der Waals surface area contributed by atoms with Crippen LogP contribution >= 0.6 is 0 Å². The third-order valence-corrected chi connectivity index (χ3v) is 5.31. The summed E-state index contributed by atoms with van der Waals surface area (Å²) in [6, 6.07) is 16.4. The first-order valence-corrected chi connectivity index (χ1v) is 9.94. The summed E-state index contributed by atoms with van der Waals surface area (Å²) >= 11 is 0. The van der Waals surface area contributed by atoms with Gasteiger partial charge in [-0.2, -0.15) is 0 Å². The smallest absolute Gasteiger partial charge is 0.263 e. The minimum Gasteiger partial charge on any atom is -0.383 e. The molecule has 5 nitrogen and oxygen atoms in total. The maximum Gasteiger partial charge on any atom is 0.263 e. The zero-order valence-electron chi connectivity index (χ0n) is 14.8. The van der Waals surface area contributed by atoms with Crippen molar-refractivity contribution in [3.63, 3.8) is 0 Å². The van der Waals surface area contributed by atoms with Crippen LogP contribution in [-0.4, -0.2) is 19.9 Å². The molecule has 0 saturated carbocycles. The van der Waals surface area contributed by atoms with E-state index in [-0.39, 0.29) is 16.5 Å². The van der Waals surface area contributed by atoms with Crippen LogP contribution in [-0.2, 0) is 16.4 Å². The molecule has 0 saturated heterocycles. The zero-order valence-corrected chi connectivity index (χ0v) is 15.6. The van der Waals surface area contributed by atoms with Crippen LogP contribution in [0.2, 0.25) is 0 Å². The number of hydrogen-bond acceptors (Lipinski definition) is 4. The molecule has 1 aromatic heterocycles. The molecule has 0 fully saturated rings. The predicted octanol–water partition coefficient (Wildman–Crippen LogP) is 3.98. The molecule has 1 heterocycles. The molecule has 3 rings (SSSR count). The molecular formula is C20H20FN3O2S. The molecule has 0 aliphatic carbocycles. The average molecular weight is 385 g/mol. The molecule has 0 radical (unpaired) electrons. The van der Waals surface area contributed by atoms with E-state index in [1.165, 1.54) is 12.1 Å². The van der Waals surface area contributed by atoms with Crippen molar-refractivity contribution in [2.24, 2.45) is 0 Å². The Kier molecular flexibility index (Phi) is 5.71. The van der Waals surface area contributed by atoms with Gasteiger partial charge in [0.2, 0.25) is 0 Å². The van der Waals surface area contributed by atoms with Crippen LogP contribution in [0.25, 0.3) is 0 Å². The van der Waals surface area contributed by atoms with Crippen molar-refractivity contribution in [2.45, 2.75) is 18.2 Å². The third kappa shape index (κ3) is 5.27. The minimum absolute atomic E-state index is 0.200. The van der Waals surface area contributed by atoms with Crippen molar-refractivity contribution in [2.75, 3.05) is 16.6 Å². The Morgan fingerprint density at radius 1 is 1.04 bits per heavy atom. The summed E-state index contributed by atoms with van der Waals surface area (Å²) in [6.45, 7) is 2.49. The molecule has 0 aliphatic heterocycles. The molecule has 0 amide bonds. The topological polar surface area (TPSA) is 71.1 Å². The molecular weight excluding hydrogens is 365 g/mol. The van der Waals surface area contributed by atoms with Crippen LogP contribution in [0, 0.1) is 12.7 Å². The first kappa shape index (κ1) is 18.8. The predicted molar refractivity (Wildman–Crippen MR) is 105 cm³/mol. The Morgan fingerprint density at radius 2 is 1.81 bits per heavy atom. The monoisotopic (exact) mass is 385 g/mol. The van der Waals surface area contributed by atoms with E-state index in [2.05, 4.69) is 15.0 Å². The summed E-state index contributed by atoms with van der Waals surface area (Å²) in [5, 5.41) is 3.20. The SMILES string of the molecule is Cc1cccc(S(=O)(=O)Nc2ccc(NCCc3ccc(F)cc3)cn2)c1. The molecule has 0 spiro atoms. The standard InChI is InChI=1S/C20H20FN3O2S/c1-15-3-2-4-19(13-15)27(25,26)24-20-10-9-18(14-23-20)22-12-11-16-5-7-17(21)8-6-16/h2-10,13-14,22H,11-12H2,1H3,(H,23,24). The lowest BCUT2D eigenvalue weighted by molar-refractivity contribution is 0.601. The van der Waals surface area contributed by atoms with Gasteiger partial charge in [-0.05, 0) is 60.9 Å². The van der Waals surface area contributed by atoms with Gasteiger partial charge in [0.15, 0.2) is 0 Å². The molecule has 0 bridgehead atoms. The number of anilines is 2. The third-order valence-electron chi connectivity index (χ3n) is 3.96. The minimum atomic E-state index is -3.67. The number of nitrogens with one attached hydrogen (secondary N) is 2. The van der Waals surface area contributed by atoms with Gasteiger partial charge in [0.05, 0.1) is 16.8 Å². The van der Waals surface area contributed by atoms with E-state index >= 15 is 0 Å². The summed E-state index contributed by atoms with van der Waals surface area (Å²) in [5.74, 6) is 0.000189. The van der Waals surface area contributed by atoms with Crippen LogP contribution in [0.5, 0.6) is 0 Å². The molecule has 140 valence electrons. The maximum atomic E-state index is 12.9. The fourth-order valence-corrected chi connectivity index (χ4v) is 3.65. The number of rotatable bonds is 7. The Bertz CT molecular complexity index is 1000. The van der Waals surface area contributed by atoms with Crippen molar-refractivity contribution >= 4 is 21.5 Å². The van der Waals surface area contributed by atoms with Crippen LogP contribution < -0.4 is 10.0 Å². The number of pyridine rings is 1. The van der Waals surface area contributed by atoms with Crippen molar-refractivity contribution in [1.29, 1.82) is 0 Å². The van der Waals surface area contributed by atoms with E-state index in [4.69, 9.17) is 0 Å². The summed E-state index contributed by atoms with van der Waals surface area (Å²) in [7, 11) is -3.67. The molecule has 0 atom stereocenters. The lowest BCUT2D eigenvalue weighted by Crippen LogP contribution is -2.14. The number of aryl methyl sites for hydroxylation is 1. The highest BCUT2D eigenvalue weighted by molar-refractivity contribution is 7.92. The van der Waals surface area contributed by atoms with Gasteiger partial charge >= 0.3 is 0 Å². The summed E-state index contributed by atoms with van der Waals surface area (Å²) < 4.78 is 40.2. The molecule has 2 aromatic carbocycles. The fourth-order valence-electron chi connectivity index (χ4n) is 2.54. The normalized spacial score (nSPS) is 11.2. The zero-order chi connectivity index (χ0) is 19.3. The van der Waals surface area contributed by atoms with E-state index < -0.39 is 10.0 Å². The van der Waals surface area contributed by atoms with E-state index in [1.807, 2.05) is 13.0 Å². The fraction of sp³-hybridized carbons (Fsp3) is 0.150. The van der Waals surface area contributed by atoms with Crippen molar-refractivity contribution in [3.8, 4) is 0 Å². The quantitative estimate of drug-likeness (QED) is 0.645. The largest absolute Gasteiger partial charge is 0.383 e. The Morgan fingerprint density at radius 3 is 2.48 bits per heavy atom. The molecule has 7 heteroatoms. The highest BCUT2D eigenvalue weighted by Gasteiger charge is 2.14. The summed E-state index contributed by atoms with van der Waals surface area (Å²) in [6.07, 6.45) is 2.31. The summed E-state index contributed by atoms with van der Waals surface area (Å²) in [5.41, 5.74) is 2.67. The van der Waals surface area contributed by atoms with Crippen molar-refractivity contribution in [1.82, 2.24) is 4.98 Å². The number of aromatic nitrogens is 1. The highest BCUT2D eigenvalue weighted by Crippen LogP contribution is 2.17. The van der Waals surface area contributed by atoms with Crippen molar-refractivity contribution in [3.05, 3.63) is 83.8 Å². The van der Waals surface area contributed by atoms with E-state index in [0.717, 1.165) is 23.2 Å². The second kappa shape index (κ2) is 8.18. The number of nitrogens with zero attached hydrogens (tertiary/aromatic N) is 1. The van der Waals surface area contributed by atoms with Gasteiger partial charge in [-0.15, -0.1) is 0 Å². The Labute approximate surface area is 158 Å². The lowest BCUT2D eigenvalue weighted by atomic mass is 10.1. The van der Waals surface area contributed by atoms with E-state index in [1.54, 1.807) is 48.7 Å². The maximum absolute atomic E-state index is 12.9. The average Bonchev–Trinajstić information content (AvgIpc) is 2.65. The van der Waals surface area contributed by atoms with Crippen LogP contribution in [0.3, 0.4) is 0 Å². The van der Waals surface area contributed by atoms with Gasteiger partial charge < -0.3 is 5.32 Å². The van der Waals surface area contributed by atoms with Crippen LogP contribution in [0.15, 0.2) is 71.8 Å². The number of benzene rings is 2. The second-order valence-corrected chi connectivity index (χ2v) is 7.84. The molecule has 0 unspecified atom stereocenters. The number of halogens is 1.